The van der Waals surface area contributed by atoms with Crippen LogP contribution in [0.3, 0.4) is 0 Å². The number of nitro groups is 1. The number of rotatable bonds is 6. The highest BCUT2D eigenvalue weighted by atomic mass is 16.6. The van der Waals surface area contributed by atoms with Crippen LogP contribution in [0.15, 0.2) is 24.3 Å². The first kappa shape index (κ1) is 15.2. The van der Waals surface area contributed by atoms with E-state index in [-0.39, 0.29) is 30.0 Å². The van der Waals surface area contributed by atoms with Gasteiger partial charge in [-0.15, -0.1) is 0 Å². The summed E-state index contributed by atoms with van der Waals surface area (Å²) >= 11 is 0. The van der Waals surface area contributed by atoms with E-state index in [1.807, 2.05) is 0 Å². The number of ether oxygens (including phenoxy) is 1. The fourth-order valence-electron chi connectivity index (χ4n) is 2.63. The van der Waals surface area contributed by atoms with Crippen LogP contribution in [0.25, 0.3) is 0 Å². The molecule has 0 bridgehead atoms. The monoisotopic (exact) mass is 293 g/mol. The summed E-state index contributed by atoms with van der Waals surface area (Å²) in [4.78, 5) is 22.2. The Kier molecular flexibility index (Phi) is 5.10. The normalized spacial score (nSPS) is 21.0. The number of benzene rings is 1. The number of nitrogens with one attached hydrogen (secondary N) is 1. The van der Waals surface area contributed by atoms with E-state index in [9.17, 15) is 14.9 Å². The zero-order valence-electron chi connectivity index (χ0n) is 11.7. The first-order valence-corrected chi connectivity index (χ1v) is 6.97. The standard InChI is InChI=1S/C14H19N3O4/c15-8-10-4-3-5-11(10)16-14(18)9-21-13-7-2-1-6-12(13)17(19)20/h1-2,6-7,10-11H,3-5,8-9,15H2,(H,16,18). The van der Waals surface area contributed by atoms with Crippen LogP contribution in [-0.2, 0) is 4.79 Å². The molecule has 3 N–H and O–H groups in total. The second-order valence-electron chi connectivity index (χ2n) is 5.11. The topological polar surface area (TPSA) is 107 Å². The van der Waals surface area contributed by atoms with E-state index >= 15 is 0 Å². The van der Waals surface area contributed by atoms with E-state index in [1.165, 1.54) is 12.1 Å². The maximum Gasteiger partial charge on any atom is 0.310 e. The zero-order chi connectivity index (χ0) is 15.2. The minimum Gasteiger partial charge on any atom is -0.477 e. The molecular formula is C14H19N3O4. The molecule has 0 spiro atoms. The highest BCUT2D eigenvalue weighted by Gasteiger charge is 2.27. The van der Waals surface area contributed by atoms with Gasteiger partial charge in [-0.25, -0.2) is 0 Å². The number of amides is 1. The van der Waals surface area contributed by atoms with Gasteiger partial charge in [-0.2, -0.15) is 0 Å². The SMILES string of the molecule is NCC1CCCC1NC(=O)COc1ccccc1[N+](=O)[O-]. The molecule has 1 aliphatic rings. The molecule has 1 aromatic carbocycles. The number of carbonyl (C=O) groups is 1. The van der Waals surface area contributed by atoms with E-state index < -0.39 is 4.92 Å². The number of hydrogen-bond acceptors (Lipinski definition) is 5. The summed E-state index contributed by atoms with van der Waals surface area (Å²) in [6.07, 6.45) is 2.99. The van der Waals surface area contributed by atoms with E-state index in [4.69, 9.17) is 10.5 Å². The number of para-hydroxylation sites is 2. The van der Waals surface area contributed by atoms with E-state index in [1.54, 1.807) is 12.1 Å². The molecule has 0 saturated heterocycles. The average Bonchev–Trinajstić information content (AvgIpc) is 2.92. The Morgan fingerprint density at radius 3 is 2.90 bits per heavy atom. The van der Waals surface area contributed by atoms with Crippen molar-refractivity contribution >= 4 is 11.6 Å². The number of carbonyl (C=O) groups excluding carboxylic acids is 1. The Balaban J connectivity index is 1.88. The van der Waals surface area contributed by atoms with E-state index in [0.717, 1.165) is 19.3 Å². The van der Waals surface area contributed by atoms with Crippen LogP contribution in [0, 0.1) is 16.0 Å². The van der Waals surface area contributed by atoms with Crippen LogP contribution >= 0.6 is 0 Å². The average molecular weight is 293 g/mol. The Morgan fingerprint density at radius 2 is 2.19 bits per heavy atom. The summed E-state index contributed by atoms with van der Waals surface area (Å²) in [7, 11) is 0. The predicted octanol–water partition coefficient (Wildman–Crippen LogP) is 1.22. The Hall–Kier alpha value is -2.15. The molecule has 0 aliphatic heterocycles. The van der Waals surface area contributed by atoms with Gasteiger partial charge in [-0.05, 0) is 31.4 Å². The van der Waals surface area contributed by atoms with Crippen molar-refractivity contribution in [2.75, 3.05) is 13.2 Å². The van der Waals surface area contributed by atoms with Crippen LogP contribution in [0.2, 0.25) is 0 Å². The smallest absolute Gasteiger partial charge is 0.310 e. The summed E-state index contributed by atoms with van der Waals surface area (Å²) in [5.41, 5.74) is 5.51. The van der Waals surface area contributed by atoms with Crippen LogP contribution in [0.4, 0.5) is 5.69 Å². The van der Waals surface area contributed by atoms with Crippen molar-refractivity contribution in [3.8, 4) is 5.75 Å². The predicted molar refractivity (Wildman–Crippen MR) is 76.9 cm³/mol. The fourth-order valence-corrected chi connectivity index (χ4v) is 2.63. The van der Waals surface area contributed by atoms with Gasteiger partial charge in [0.2, 0.25) is 0 Å². The van der Waals surface area contributed by atoms with Gasteiger partial charge in [0.05, 0.1) is 4.92 Å². The van der Waals surface area contributed by atoms with Crippen LogP contribution in [0.5, 0.6) is 5.75 Å². The van der Waals surface area contributed by atoms with Gasteiger partial charge >= 0.3 is 5.69 Å². The third-order valence-corrected chi connectivity index (χ3v) is 3.73. The molecule has 7 heteroatoms. The second-order valence-corrected chi connectivity index (χ2v) is 5.11. The Labute approximate surface area is 122 Å². The molecule has 7 nitrogen and oxygen atoms in total. The summed E-state index contributed by atoms with van der Waals surface area (Å²) in [6.45, 7) is 0.314. The molecule has 1 fully saturated rings. The minimum absolute atomic E-state index is 0.0804. The number of hydrogen-bond donors (Lipinski definition) is 2. The highest BCUT2D eigenvalue weighted by molar-refractivity contribution is 5.78. The lowest BCUT2D eigenvalue weighted by atomic mass is 10.0. The summed E-state index contributed by atoms with van der Waals surface area (Å²) < 4.78 is 5.25. The fraction of sp³-hybridized carbons (Fsp3) is 0.500. The molecule has 1 aromatic rings. The van der Waals surface area contributed by atoms with Crippen molar-refractivity contribution in [1.29, 1.82) is 0 Å². The molecular weight excluding hydrogens is 274 g/mol. The molecule has 1 aliphatic carbocycles. The Morgan fingerprint density at radius 1 is 1.43 bits per heavy atom. The third kappa shape index (κ3) is 3.91. The van der Waals surface area contributed by atoms with Gasteiger partial charge in [-0.1, -0.05) is 18.6 Å². The van der Waals surface area contributed by atoms with Crippen molar-refractivity contribution in [2.24, 2.45) is 11.7 Å². The highest BCUT2D eigenvalue weighted by Crippen LogP contribution is 2.26. The first-order chi connectivity index (χ1) is 10.1. The van der Waals surface area contributed by atoms with Crippen molar-refractivity contribution < 1.29 is 14.5 Å². The van der Waals surface area contributed by atoms with Crippen molar-refractivity contribution in [3.63, 3.8) is 0 Å². The summed E-state index contributed by atoms with van der Waals surface area (Å²) in [5.74, 6) is 0.123. The number of nitrogens with two attached hydrogens (primary N) is 1. The minimum atomic E-state index is -0.533. The summed E-state index contributed by atoms with van der Waals surface area (Å²) in [5, 5.41) is 13.7. The maximum absolute atomic E-state index is 11.9. The molecule has 0 aromatic heterocycles. The van der Waals surface area contributed by atoms with Gasteiger partial charge in [0.1, 0.15) is 0 Å². The zero-order valence-corrected chi connectivity index (χ0v) is 11.7. The van der Waals surface area contributed by atoms with Gasteiger partial charge in [0, 0.05) is 12.1 Å². The van der Waals surface area contributed by atoms with Crippen LogP contribution in [-0.4, -0.2) is 30.0 Å². The maximum atomic E-state index is 11.9. The van der Waals surface area contributed by atoms with Crippen molar-refractivity contribution in [2.45, 2.75) is 25.3 Å². The van der Waals surface area contributed by atoms with Crippen LogP contribution < -0.4 is 15.8 Å². The number of nitrogens with zero attached hydrogens (tertiary/aromatic N) is 1. The quantitative estimate of drug-likeness (QED) is 0.605. The molecule has 2 atom stereocenters. The second kappa shape index (κ2) is 7.03. The largest absolute Gasteiger partial charge is 0.477 e. The van der Waals surface area contributed by atoms with Gasteiger partial charge in [-0.3, -0.25) is 14.9 Å². The molecule has 21 heavy (non-hydrogen) atoms. The molecule has 0 heterocycles. The lowest BCUT2D eigenvalue weighted by Crippen LogP contribution is -2.42. The number of nitro benzene ring substituents is 1. The molecule has 2 unspecified atom stereocenters. The lowest BCUT2D eigenvalue weighted by molar-refractivity contribution is -0.385. The first-order valence-electron chi connectivity index (χ1n) is 6.97. The lowest BCUT2D eigenvalue weighted by Gasteiger charge is -2.19. The third-order valence-electron chi connectivity index (χ3n) is 3.73. The van der Waals surface area contributed by atoms with Gasteiger partial charge < -0.3 is 15.8 Å². The van der Waals surface area contributed by atoms with Crippen molar-refractivity contribution in [3.05, 3.63) is 34.4 Å². The molecule has 1 saturated carbocycles. The van der Waals surface area contributed by atoms with Gasteiger partial charge in [0.25, 0.3) is 5.91 Å². The summed E-state index contributed by atoms with van der Waals surface area (Å²) in [6, 6.07) is 6.08. The molecule has 2 rings (SSSR count). The van der Waals surface area contributed by atoms with Crippen molar-refractivity contribution in [1.82, 2.24) is 5.32 Å². The van der Waals surface area contributed by atoms with Gasteiger partial charge in [0.15, 0.2) is 12.4 Å². The Bertz CT molecular complexity index is 521. The van der Waals surface area contributed by atoms with Crippen LogP contribution in [0.1, 0.15) is 19.3 Å². The van der Waals surface area contributed by atoms with E-state index in [2.05, 4.69) is 5.32 Å². The molecule has 0 radical (unpaired) electrons. The molecule has 1 amide bonds. The van der Waals surface area contributed by atoms with E-state index in [0.29, 0.717) is 12.5 Å². The molecule has 114 valence electrons.